The first kappa shape index (κ1) is 9.64. The average molecular weight is 186 g/mol. The Morgan fingerprint density at radius 1 is 1.67 bits per heavy atom. The van der Waals surface area contributed by atoms with E-state index in [1.54, 1.807) is 24.5 Å². The molecule has 0 aliphatic rings. The Morgan fingerprint density at radius 3 is 2.92 bits per heavy atom. The Labute approximate surface area is 76.5 Å². The van der Waals surface area contributed by atoms with Crippen LogP contribution in [0.1, 0.15) is 24.9 Å². The fourth-order valence-electron chi connectivity index (χ4n) is 0.883. The molecule has 2 atom stereocenters. The van der Waals surface area contributed by atoms with E-state index >= 15 is 0 Å². The van der Waals surface area contributed by atoms with Crippen molar-refractivity contribution in [3.05, 3.63) is 16.6 Å². The minimum absolute atomic E-state index is 0.236. The van der Waals surface area contributed by atoms with Gasteiger partial charge in [-0.3, -0.25) is 0 Å². The highest BCUT2D eigenvalue weighted by molar-refractivity contribution is 7.09. The van der Waals surface area contributed by atoms with Gasteiger partial charge in [0.05, 0.1) is 12.1 Å². The monoisotopic (exact) mass is 186 g/mol. The van der Waals surface area contributed by atoms with Crippen molar-refractivity contribution < 1.29 is 5.11 Å². The van der Waals surface area contributed by atoms with E-state index in [0.29, 0.717) is 6.54 Å². The van der Waals surface area contributed by atoms with E-state index in [0.717, 1.165) is 5.01 Å². The van der Waals surface area contributed by atoms with Gasteiger partial charge in [-0.05, 0) is 13.8 Å². The van der Waals surface area contributed by atoms with Crippen molar-refractivity contribution >= 4 is 11.3 Å². The van der Waals surface area contributed by atoms with Crippen molar-refractivity contribution in [3.8, 4) is 0 Å². The number of hydrogen-bond acceptors (Lipinski definition) is 4. The van der Waals surface area contributed by atoms with Crippen LogP contribution in [-0.2, 0) is 0 Å². The lowest BCUT2D eigenvalue weighted by molar-refractivity contribution is 0.187. The van der Waals surface area contributed by atoms with Crippen LogP contribution in [-0.4, -0.2) is 22.7 Å². The van der Waals surface area contributed by atoms with Crippen LogP contribution in [0.25, 0.3) is 0 Å². The zero-order valence-corrected chi connectivity index (χ0v) is 8.14. The molecule has 0 unspecified atom stereocenters. The molecule has 1 rings (SSSR count). The van der Waals surface area contributed by atoms with Gasteiger partial charge in [-0.2, -0.15) is 0 Å². The van der Waals surface area contributed by atoms with Crippen LogP contribution < -0.4 is 5.32 Å². The third-order valence-electron chi connectivity index (χ3n) is 1.54. The average Bonchev–Trinajstić information content (AvgIpc) is 2.51. The normalized spacial score (nSPS) is 15.9. The van der Waals surface area contributed by atoms with Gasteiger partial charge < -0.3 is 10.4 Å². The summed E-state index contributed by atoms with van der Waals surface area (Å²) in [7, 11) is 0. The highest BCUT2D eigenvalue weighted by Crippen LogP contribution is 2.13. The topological polar surface area (TPSA) is 45.1 Å². The number of nitrogens with one attached hydrogen (secondary N) is 1. The van der Waals surface area contributed by atoms with Gasteiger partial charge in [0.1, 0.15) is 5.01 Å². The molecule has 1 aromatic heterocycles. The number of thiazole rings is 1. The quantitative estimate of drug-likeness (QED) is 0.742. The second-order valence-electron chi connectivity index (χ2n) is 2.85. The molecule has 1 aromatic rings. The van der Waals surface area contributed by atoms with E-state index in [9.17, 15) is 0 Å². The van der Waals surface area contributed by atoms with Gasteiger partial charge in [0, 0.05) is 18.1 Å². The van der Waals surface area contributed by atoms with Crippen LogP contribution >= 0.6 is 11.3 Å². The third-order valence-corrected chi connectivity index (χ3v) is 2.50. The van der Waals surface area contributed by atoms with Crippen LogP contribution in [0.15, 0.2) is 11.6 Å². The first-order chi connectivity index (χ1) is 5.70. The maximum atomic E-state index is 9.02. The number of nitrogens with zero attached hydrogens (tertiary/aromatic N) is 1. The molecule has 0 fully saturated rings. The predicted octanol–water partition coefficient (Wildman–Crippen LogP) is 1.17. The smallest absolute Gasteiger partial charge is 0.109 e. The van der Waals surface area contributed by atoms with Crippen LogP contribution in [0, 0.1) is 0 Å². The number of aromatic nitrogens is 1. The number of rotatable bonds is 4. The van der Waals surface area contributed by atoms with Gasteiger partial charge in [-0.15, -0.1) is 11.3 Å². The van der Waals surface area contributed by atoms with Crippen LogP contribution in [0.4, 0.5) is 0 Å². The molecule has 4 heteroatoms. The lowest BCUT2D eigenvalue weighted by Gasteiger charge is -2.11. The van der Waals surface area contributed by atoms with E-state index in [1.165, 1.54) is 0 Å². The summed E-state index contributed by atoms with van der Waals surface area (Å²) in [4.78, 5) is 4.17. The second-order valence-corrected chi connectivity index (χ2v) is 3.78. The van der Waals surface area contributed by atoms with Gasteiger partial charge >= 0.3 is 0 Å². The lowest BCUT2D eigenvalue weighted by Crippen LogP contribution is -2.26. The Kier molecular flexibility index (Phi) is 3.65. The number of hydrogen-bond donors (Lipinski definition) is 2. The van der Waals surface area contributed by atoms with Gasteiger partial charge in [-0.1, -0.05) is 0 Å². The minimum Gasteiger partial charge on any atom is -0.392 e. The Bertz CT molecular complexity index is 211. The summed E-state index contributed by atoms with van der Waals surface area (Å²) in [6.45, 7) is 4.42. The fraction of sp³-hybridized carbons (Fsp3) is 0.625. The Morgan fingerprint density at radius 2 is 2.42 bits per heavy atom. The molecule has 0 aromatic carbocycles. The second kappa shape index (κ2) is 4.54. The van der Waals surface area contributed by atoms with E-state index in [2.05, 4.69) is 10.3 Å². The SMILES string of the molecule is C[C@@H](O)CN[C@H](C)c1nccs1. The van der Waals surface area contributed by atoms with Crippen molar-refractivity contribution in [1.29, 1.82) is 0 Å². The number of aliphatic hydroxyl groups excluding tert-OH is 1. The maximum Gasteiger partial charge on any atom is 0.109 e. The summed E-state index contributed by atoms with van der Waals surface area (Å²) < 4.78 is 0. The van der Waals surface area contributed by atoms with Crippen molar-refractivity contribution in [1.82, 2.24) is 10.3 Å². The molecule has 2 N–H and O–H groups in total. The summed E-state index contributed by atoms with van der Waals surface area (Å²) >= 11 is 1.63. The molecule has 0 radical (unpaired) electrons. The predicted molar refractivity (Wildman–Crippen MR) is 50.2 cm³/mol. The molecule has 0 bridgehead atoms. The molecular formula is C8H14N2OS. The summed E-state index contributed by atoms with van der Waals surface area (Å²) in [6.07, 6.45) is 1.49. The highest BCUT2D eigenvalue weighted by Gasteiger charge is 2.07. The van der Waals surface area contributed by atoms with Crippen molar-refractivity contribution in [2.45, 2.75) is 26.0 Å². The standard InChI is InChI=1S/C8H14N2OS/c1-6(11)5-10-7(2)8-9-3-4-12-8/h3-4,6-7,10-11H,5H2,1-2H3/t6-,7-/m1/s1. The number of aliphatic hydroxyl groups is 1. The van der Waals surface area contributed by atoms with E-state index in [1.807, 2.05) is 12.3 Å². The van der Waals surface area contributed by atoms with Gasteiger partial charge in [0.2, 0.25) is 0 Å². The van der Waals surface area contributed by atoms with E-state index in [4.69, 9.17) is 5.11 Å². The first-order valence-electron chi connectivity index (χ1n) is 4.01. The zero-order valence-electron chi connectivity index (χ0n) is 7.32. The third kappa shape index (κ3) is 2.89. The van der Waals surface area contributed by atoms with Crippen molar-refractivity contribution in [2.24, 2.45) is 0 Å². The van der Waals surface area contributed by atoms with Crippen molar-refractivity contribution in [2.75, 3.05) is 6.54 Å². The highest BCUT2D eigenvalue weighted by atomic mass is 32.1. The Balaban J connectivity index is 2.34. The molecule has 0 saturated carbocycles. The Hall–Kier alpha value is -0.450. The fourth-order valence-corrected chi connectivity index (χ4v) is 1.55. The molecule has 0 amide bonds. The molecular weight excluding hydrogens is 172 g/mol. The maximum absolute atomic E-state index is 9.02. The summed E-state index contributed by atoms with van der Waals surface area (Å²) in [5, 5.41) is 15.2. The lowest BCUT2D eigenvalue weighted by atomic mass is 10.3. The largest absolute Gasteiger partial charge is 0.392 e. The van der Waals surface area contributed by atoms with Crippen LogP contribution in [0.5, 0.6) is 0 Å². The summed E-state index contributed by atoms with van der Waals surface area (Å²) in [6, 6.07) is 0.236. The van der Waals surface area contributed by atoms with Crippen LogP contribution in [0.3, 0.4) is 0 Å². The summed E-state index contributed by atoms with van der Waals surface area (Å²) in [5.41, 5.74) is 0. The van der Waals surface area contributed by atoms with E-state index in [-0.39, 0.29) is 12.1 Å². The molecule has 12 heavy (non-hydrogen) atoms. The minimum atomic E-state index is -0.299. The van der Waals surface area contributed by atoms with Gasteiger partial charge in [-0.25, -0.2) is 4.98 Å². The molecule has 0 spiro atoms. The first-order valence-corrected chi connectivity index (χ1v) is 4.89. The molecule has 68 valence electrons. The van der Waals surface area contributed by atoms with Crippen molar-refractivity contribution in [3.63, 3.8) is 0 Å². The molecule has 0 aliphatic carbocycles. The summed E-state index contributed by atoms with van der Waals surface area (Å²) in [5.74, 6) is 0. The van der Waals surface area contributed by atoms with Gasteiger partial charge in [0.25, 0.3) is 0 Å². The zero-order chi connectivity index (χ0) is 8.97. The van der Waals surface area contributed by atoms with Gasteiger partial charge in [0.15, 0.2) is 0 Å². The van der Waals surface area contributed by atoms with E-state index < -0.39 is 0 Å². The molecule has 3 nitrogen and oxygen atoms in total. The molecule has 0 saturated heterocycles. The molecule has 1 heterocycles. The molecule has 0 aliphatic heterocycles. The van der Waals surface area contributed by atoms with Crippen LogP contribution in [0.2, 0.25) is 0 Å².